The Morgan fingerprint density at radius 3 is 2.26 bits per heavy atom. The number of carbonyl (C=O) groups excluding carboxylic acids is 3. The molecule has 0 bridgehead atoms. The molecule has 6 nitrogen and oxygen atoms in total. The summed E-state index contributed by atoms with van der Waals surface area (Å²) in [6.07, 6.45) is 3.51. The standard InChI is InChI=1S/C21H31NO5/c1-5-19(23)17-9-11-18(12-10-17)26-14-21(25)27-13-20(24)22-16(4)8-6-7-15(2)3/h9-12,15-16H,5-8,13-14H2,1-4H3,(H,22,24). The Hall–Kier alpha value is -2.37. The van der Waals surface area contributed by atoms with Gasteiger partial charge >= 0.3 is 5.97 Å². The summed E-state index contributed by atoms with van der Waals surface area (Å²) in [4.78, 5) is 35.0. The number of hydrogen-bond acceptors (Lipinski definition) is 5. The fourth-order valence-electron chi connectivity index (χ4n) is 2.49. The van der Waals surface area contributed by atoms with Crippen molar-refractivity contribution in [2.24, 2.45) is 5.92 Å². The maximum absolute atomic E-state index is 11.8. The summed E-state index contributed by atoms with van der Waals surface area (Å²) < 4.78 is 10.2. The molecule has 0 saturated carbocycles. The van der Waals surface area contributed by atoms with Gasteiger partial charge in [0, 0.05) is 18.0 Å². The van der Waals surface area contributed by atoms with Crippen molar-refractivity contribution in [3.63, 3.8) is 0 Å². The van der Waals surface area contributed by atoms with E-state index in [0.717, 1.165) is 19.3 Å². The van der Waals surface area contributed by atoms with Gasteiger partial charge in [-0.3, -0.25) is 9.59 Å². The van der Waals surface area contributed by atoms with Gasteiger partial charge in [0.05, 0.1) is 0 Å². The van der Waals surface area contributed by atoms with Crippen molar-refractivity contribution in [1.29, 1.82) is 0 Å². The highest BCUT2D eigenvalue weighted by Crippen LogP contribution is 2.13. The van der Waals surface area contributed by atoms with Crippen LogP contribution in [0.25, 0.3) is 0 Å². The van der Waals surface area contributed by atoms with Crippen molar-refractivity contribution >= 4 is 17.7 Å². The summed E-state index contributed by atoms with van der Waals surface area (Å²) >= 11 is 0. The molecule has 0 aliphatic heterocycles. The predicted octanol–water partition coefficient (Wildman–Crippen LogP) is 3.53. The second-order valence-corrected chi connectivity index (χ2v) is 7.04. The molecule has 0 aromatic heterocycles. The molecule has 1 aromatic rings. The Morgan fingerprint density at radius 2 is 1.67 bits per heavy atom. The van der Waals surface area contributed by atoms with Gasteiger partial charge in [0.25, 0.3) is 5.91 Å². The lowest BCUT2D eigenvalue weighted by molar-refractivity contribution is -0.150. The third kappa shape index (κ3) is 9.78. The molecular formula is C21H31NO5. The molecule has 0 aliphatic carbocycles. The monoisotopic (exact) mass is 377 g/mol. The molecule has 0 heterocycles. The van der Waals surface area contributed by atoms with E-state index in [9.17, 15) is 14.4 Å². The van der Waals surface area contributed by atoms with Crippen molar-refractivity contribution in [2.75, 3.05) is 13.2 Å². The van der Waals surface area contributed by atoms with Crippen molar-refractivity contribution in [2.45, 2.75) is 59.4 Å². The zero-order valence-electron chi connectivity index (χ0n) is 16.7. The number of Topliss-reactive ketones (excluding diaryl/α,β-unsaturated/α-hetero) is 1. The number of hydrogen-bond donors (Lipinski definition) is 1. The Kier molecular flexibility index (Phi) is 10.2. The molecule has 0 fully saturated rings. The highest BCUT2D eigenvalue weighted by molar-refractivity contribution is 5.95. The lowest BCUT2D eigenvalue weighted by atomic mass is 10.0. The highest BCUT2D eigenvalue weighted by Gasteiger charge is 2.11. The van der Waals surface area contributed by atoms with Gasteiger partial charge in [0.2, 0.25) is 0 Å². The molecule has 1 rings (SSSR count). The molecule has 0 saturated heterocycles. The summed E-state index contributed by atoms with van der Waals surface area (Å²) in [5.41, 5.74) is 0.603. The zero-order chi connectivity index (χ0) is 20.2. The van der Waals surface area contributed by atoms with Crippen LogP contribution in [-0.4, -0.2) is 36.9 Å². The molecular weight excluding hydrogens is 346 g/mol. The van der Waals surface area contributed by atoms with Gasteiger partial charge in [-0.05, 0) is 43.5 Å². The first-order valence-electron chi connectivity index (χ1n) is 9.52. The maximum Gasteiger partial charge on any atom is 0.344 e. The Labute approximate surface area is 161 Å². The van der Waals surface area contributed by atoms with Gasteiger partial charge < -0.3 is 14.8 Å². The van der Waals surface area contributed by atoms with Gasteiger partial charge in [0.15, 0.2) is 19.0 Å². The van der Waals surface area contributed by atoms with E-state index in [4.69, 9.17) is 9.47 Å². The first kappa shape index (κ1) is 22.7. The molecule has 0 radical (unpaired) electrons. The number of rotatable bonds is 12. The lowest BCUT2D eigenvalue weighted by Crippen LogP contribution is -2.36. The largest absolute Gasteiger partial charge is 0.482 e. The zero-order valence-corrected chi connectivity index (χ0v) is 16.7. The normalized spacial score (nSPS) is 11.7. The summed E-state index contributed by atoms with van der Waals surface area (Å²) in [5.74, 6) is 0.222. The van der Waals surface area contributed by atoms with Gasteiger partial charge in [-0.1, -0.05) is 33.6 Å². The van der Waals surface area contributed by atoms with E-state index >= 15 is 0 Å². The molecule has 1 N–H and O–H groups in total. The number of carbonyl (C=O) groups is 3. The molecule has 1 amide bonds. The van der Waals surface area contributed by atoms with Crippen molar-refractivity contribution in [1.82, 2.24) is 5.32 Å². The van der Waals surface area contributed by atoms with Crippen LogP contribution in [0.3, 0.4) is 0 Å². The first-order valence-corrected chi connectivity index (χ1v) is 9.52. The Morgan fingerprint density at radius 1 is 1.00 bits per heavy atom. The molecule has 1 unspecified atom stereocenters. The quantitative estimate of drug-likeness (QED) is 0.445. The number of esters is 1. The van der Waals surface area contributed by atoms with Crippen molar-refractivity contribution < 1.29 is 23.9 Å². The van der Waals surface area contributed by atoms with Crippen LogP contribution in [0, 0.1) is 5.92 Å². The van der Waals surface area contributed by atoms with E-state index in [1.165, 1.54) is 0 Å². The summed E-state index contributed by atoms with van der Waals surface area (Å²) in [6.45, 7) is 7.47. The lowest BCUT2D eigenvalue weighted by Gasteiger charge is -2.14. The van der Waals surface area contributed by atoms with Crippen molar-refractivity contribution in [3.8, 4) is 5.75 Å². The van der Waals surface area contributed by atoms with Crippen LogP contribution in [0.1, 0.15) is 63.7 Å². The van der Waals surface area contributed by atoms with Crippen LogP contribution < -0.4 is 10.1 Å². The number of ether oxygens (including phenoxy) is 2. The number of nitrogens with one attached hydrogen (secondary N) is 1. The molecule has 6 heteroatoms. The first-order chi connectivity index (χ1) is 12.8. The van der Waals surface area contributed by atoms with E-state index in [1.807, 2.05) is 6.92 Å². The topological polar surface area (TPSA) is 81.7 Å². The van der Waals surface area contributed by atoms with Crippen LogP contribution in [0.15, 0.2) is 24.3 Å². The van der Waals surface area contributed by atoms with E-state index in [-0.39, 0.29) is 30.9 Å². The van der Waals surface area contributed by atoms with E-state index in [0.29, 0.717) is 23.7 Å². The third-order valence-corrected chi connectivity index (χ3v) is 4.04. The van der Waals surface area contributed by atoms with E-state index in [1.54, 1.807) is 31.2 Å². The van der Waals surface area contributed by atoms with Gasteiger partial charge in [-0.15, -0.1) is 0 Å². The summed E-state index contributed by atoms with van der Waals surface area (Å²) in [5, 5.41) is 2.82. The van der Waals surface area contributed by atoms with Crippen LogP contribution in [0.4, 0.5) is 0 Å². The summed E-state index contributed by atoms with van der Waals surface area (Å²) in [6, 6.07) is 6.61. The smallest absolute Gasteiger partial charge is 0.344 e. The fourth-order valence-corrected chi connectivity index (χ4v) is 2.49. The fraction of sp³-hybridized carbons (Fsp3) is 0.571. The minimum absolute atomic E-state index is 0.0467. The number of amides is 1. The number of ketones is 1. The average Bonchev–Trinajstić information content (AvgIpc) is 2.64. The van der Waals surface area contributed by atoms with Crippen molar-refractivity contribution in [3.05, 3.63) is 29.8 Å². The number of benzene rings is 1. The Balaban J connectivity index is 2.24. The molecule has 27 heavy (non-hydrogen) atoms. The Bertz CT molecular complexity index is 610. The predicted molar refractivity (Wildman–Crippen MR) is 104 cm³/mol. The molecule has 1 atom stereocenters. The molecule has 0 aliphatic rings. The average molecular weight is 377 g/mol. The summed E-state index contributed by atoms with van der Waals surface area (Å²) in [7, 11) is 0. The van der Waals surface area contributed by atoms with Gasteiger partial charge in [-0.2, -0.15) is 0 Å². The van der Waals surface area contributed by atoms with Crippen LogP contribution in [0.5, 0.6) is 5.75 Å². The maximum atomic E-state index is 11.8. The minimum Gasteiger partial charge on any atom is -0.482 e. The minimum atomic E-state index is -0.619. The highest BCUT2D eigenvalue weighted by atomic mass is 16.6. The molecule has 150 valence electrons. The second-order valence-electron chi connectivity index (χ2n) is 7.04. The third-order valence-electron chi connectivity index (χ3n) is 4.04. The van der Waals surface area contributed by atoms with E-state index < -0.39 is 5.97 Å². The van der Waals surface area contributed by atoms with Gasteiger partial charge in [-0.25, -0.2) is 4.79 Å². The van der Waals surface area contributed by atoms with Crippen LogP contribution >= 0.6 is 0 Å². The molecule has 1 aromatic carbocycles. The van der Waals surface area contributed by atoms with Gasteiger partial charge in [0.1, 0.15) is 5.75 Å². The van der Waals surface area contributed by atoms with Crippen LogP contribution in [0.2, 0.25) is 0 Å². The second kappa shape index (κ2) is 12.1. The molecule has 0 spiro atoms. The SMILES string of the molecule is CCC(=O)c1ccc(OCC(=O)OCC(=O)NC(C)CCCC(C)C)cc1. The van der Waals surface area contributed by atoms with Crippen LogP contribution in [-0.2, 0) is 14.3 Å². The van der Waals surface area contributed by atoms with E-state index in [2.05, 4.69) is 19.2 Å².